The first-order valence-corrected chi connectivity index (χ1v) is 14.1. The summed E-state index contributed by atoms with van der Waals surface area (Å²) in [4.78, 5) is 26.4. The summed E-state index contributed by atoms with van der Waals surface area (Å²) in [6, 6.07) is 0. The lowest BCUT2D eigenvalue weighted by atomic mass is 9.63. The summed E-state index contributed by atoms with van der Waals surface area (Å²) in [6.07, 6.45) is 10.5. The maximum absolute atomic E-state index is 13.2. The van der Waals surface area contributed by atoms with Crippen molar-refractivity contribution >= 4 is 20.3 Å². The van der Waals surface area contributed by atoms with Crippen molar-refractivity contribution < 1.29 is 23.5 Å². The highest BCUT2D eigenvalue weighted by Crippen LogP contribution is 2.51. The highest BCUT2D eigenvalue weighted by molar-refractivity contribution is 6.74. The summed E-state index contributed by atoms with van der Waals surface area (Å²) >= 11 is 0. The van der Waals surface area contributed by atoms with Crippen molar-refractivity contribution in [1.29, 1.82) is 0 Å². The van der Waals surface area contributed by atoms with Crippen molar-refractivity contribution in [2.75, 3.05) is 14.2 Å². The molecule has 170 valence electrons. The molecule has 0 unspecified atom stereocenters. The fourth-order valence-electron chi connectivity index (χ4n) is 4.44. The fourth-order valence-corrected chi connectivity index (χ4v) is 5.80. The number of methoxy groups -OCH3 is 2. The Balaban J connectivity index is 2.58. The topological polar surface area (TPSA) is 61.8 Å². The second-order valence-electron chi connectivity index (χ2n) is 10.3. The molecule has 1 saturated carbocycles. The molecule has 0 heterocycles. The van der Waals surface area contributed by atoms with Gasteiger partial charge in [-0.15, -0.1) is 0 Å². The van der Waals surface area contributed by atoms with Crippen LogP contribution in [0.5, 0.6) is 0 Å². The first-order valence-electron chi connectivity index (χ1n) is 11.2. The number of carbonyl (C=O) groups excluding carboxylic acids is 2. The minimum atomic E-state index is -2.28. The zero-order valence-corrected chi connectivity index (χ0v) is 21.0. The molecular formula is C24H40O5Si. The molecular weight excluding hydrogens is 396 g/mol. The molecule has 0 amide bonds. The molecule has 1 fully saturated rings. The normalized spacial score (nSPS) is 25.9. The van der Waals surface area contributed by atoms with Crippen LogP contribution in [0.2, 0.25) is 18.1 Å². The van der Waals surface area contributed by atoms with Gasteiger partial charge >= 0.3 is 11.9 Å². The van der Waals surface area contributed by atoms with Gasteiger partial charge in [0.1, 0.15) is 0 Å². The van der Waals surface area contributed by atoms with Gasteiger partial charge in [0.05, 0.1) is 20.3 Å². The zero-order valence-electron chi connectivity index (χ0n) is 20.0. The molecule has 3 atom stereocenters. The molecule has 6 heteroatoms. The number of ether oxygens (including phenoxy) is 2. The standard InChI is InChI=1S/C24H40O5Si/c1-9-10-11-17-12-13-19-15-18(14-17)16-24(21(25)27-5,22(26)28-6)20(19)29-30(7,8)23(2,3)4/h12-14,18-20H,9-11,15-16H2,1-8H3/t18-,19+,20+/m0/s1. The number of allylic oxidation sites excluding steroid dienone is 3. The Labute approximate surface area is 183 Å². The smallest absolute Gasteiger partial charge is 0.325 e. The number of hydrogen-bond donors (Lipinski definition) is 0. The van der Waals surface area contributed by atoms with Crippen molar-refractivity contribution in [1.82, 2.24) is 0 Å². The lowest BCUT2D eigenvalue weighted by molar-refractivity contribution is -0.184. The number of hydrogen-bond acceptors (Lipinski definition) is 5. The van der Waals surface area contributed by atoms with E-state index in [1.165, 1.54) is 19.8 Å². The van der Waals surface area contributed by atoms with E-state index >= 15 is 0 Å². The monoisotopic (exact) mass is 436 g/mol. The fraction of sp³-hybridized carbons (Fsp3) is 0.750. The van der Waals surface area contributed by atoms with Gasteiger partial charge in [0.25, 0.3) is 0 Å². The largest absolute Gasteiger partial charge is 0.468 e. The number of unbranched alkanes of at least 4 members (excludes halogenated alkanes) is 1. The molecule has 2 aliphatic carbocycles. The van der Waals surface area contributed by atoms with E-state index in [2.05, 4.69) is 59.0 Å². The van der Waals surface area contributed by atoms with Crippen LogP contribution in [0, 0.1) is 17.3 Å². The predicted octanol–water partition coefficient (Wildman–Crippen LogP) is 5.42. The minimum Gasteiger partial charge on any atom is -0.468 e. The lowest BCUT2D eigenvalue weighted by Gasteiger charge is -2.49. The molecule has 0 radical (unpaired) electrons. The molecule has 0 aliphatic heterocycles. The second-order valence-corrected chi connectivity index (χ2v) is 15.1. The Kier molecular flexibility index (Phi) is 7.78. The molecule has 0 saturated heterocycles. The van der Waals surface area contributed by atoms with Crippen LogP contribution in [0.3, 0.4) is 0 Å². The molecule has 30 heavy (non-hydrogen) atoms. The van der Waals surface area contributed by atoms with Gasteiger partial charge in [-0.2, -0.15) is 0 Å². The summed E-state index contributed by atoms with van der Waals surface area (Å²) in [5, 5.41) is -0.0548. The van der Waals surface area contributed by atoms with Crippen molar-refractivity contribution in [3.05, 3.63) is 23.8 Å². The summed E-state index contributed by atoms with van der Waals surface area (Å²) in [7, 11) is 0.405. The summed E-state index contributed by atoms with van der Waals surface area (Å²) in [5.41, 5.74) is -0.172. The van der Waals surface area contributed by atoms with E-state index in [0.29, 0.717) is 6.42 Å². The highest BCUT2D eigenvalue weighted by atomic mass is 28.4. The molecule has 0 aromatic heterocycles. The SMILES string of the molecule is CCCCC1=C[C@H]2C[C@@H](C=C1)[C@@H](O[Si](C)(C)C(C)(C)C)C(C(=O)OC)(C(=O)OC)C2. The number of fused-ring (bicyclic) bond motifs is 2. The van der Waals surface area contributed by atoms with E-state index in [1.54, 1.807) is 0 Å². The lowest BCUT2D eigenvalue weighted by Crippen LogP contribution is -2.61. The number of rotatable bonds is 7. The second kappa shape index (κ2) is 9.39. The van der Waals surface area contributed by atoms with Crippen LogP contribution in [0.25, 0.3) is 0 Å². The van der Waals surface area contributed by atoms with Crippen molar-refractivity contribution in [2.45, 2.75) is 84.0 Å². The molecule has 0 spiro atoms. The van der Waals surface area contributed by atoms with Crippen LogP contribution >= 0.6 is 0 Å². The van der Waals surface area contributed by atoms with E-state index < -0.39 is 31.8 Å². The van der Waals surface area contributed by atoms with Gasteiger partial charge in [0.15, 0.2) is 13.7 Å². The average molecular weight is 437 g/mol. The van der Waals surface area contributed by atoms with Crippen molar-refractivity contribution in [3.63, 3.8) is 0 Å². The predicted molar refractivity (Wildman–Crippen MR) is 121 cm³/mol. The van der Waals surface area contributed by atoms with E-state index in [1.807, 2.05) is 0 Å². The first kappa shape index (κ1) is 24.9. The Hall–Kier alpha value is -1.40. The van der Waals surface area contributed by atoms with Gasteiger partial charge in [-0.1, -0.05) is 57.9 Å². The molecule has 5 nitrogen and oxygen atoms in total. The number of esters is 2. The molecule has 2 rings (SSSR count). The maximum atomic E-state index is 13.2. The Morgan fingerprint density at radius 2 is 1.77 bits per heavy atom. The molecule has 0 N–H and O–H groups in total. The molecule has 0 aromatic carbocycles. The van der Waals surface area contributed by atoms with Gasteiger partial charge in [-0.3, -0.25) is 9.59 Å². The van der Waals surface area contributed by atoms with Crippen molar-refractivity contribution in [2.24, 2.45) is 17.3 Å². The van der Waals surface area contributed by atoms with Crippen LogP contribution in [-0.2, 0) is 23.5 Å². The Morgan fingerprint density at radius 3 is 2.27 bits per heavy atom. The number of carbonyl (C=O) groups is 2. The molecule has 2 aliphatic rings. The van der Waals surface area contributed by atoms with Crippen LogP contribution in [-0.4, -0.2) is 40.6 Å². The van der Waals surface area contributed by atoms with E-state index in [-0.39, 0.29) is 16.9 Å². The summed E-state index contributed by atoms with van der Waals surface area (Å²) < 4.78 is 17.2. The van der Waals surface area contributed by atoms with Crippen LogP contribution in [0.4, 0.5) is 0 Å². The first-order chi connectivity index (χ1) is 13.9. The third kappa shape index (κ3) is 4.75. The van der Waals surface area contributed by atoms with Crippen LogP contribution < -0.4 is 0 Å². The van der Waals surface area contributed by atoms with E-state index in [4.69, 9.17) is 13.9 Å². The van der Waals surface area contributed by atoms with Crippen LogP contribution in [0.1, 0.15) is 59.8 Å². The molecule has 2 bridgehead atoms. The van der Waals surface area contributed by atoms with Gasteiger partial charge in [0.2, 0.25) is 0 Å². The summed E-state index contributed by atoms with van der Waals surface area (Å²) in [6.45, 7) is 13.0. The van der Waals surface area contributed by atoms with Gasteiger partial charge in [-0.25, -0.2) is 0 Å². The van der Waals surface area contributed by atoms with Crippen LogP contribution in [0.15, 0.2) is 23.8 Å². The van der Waals surface area contributed by atoms with Gasteiger partial charge < -0.3 is 13.9 Å². The summed E-state index contributed by atoms with van der Waals surface area (Å²) in [5.74, 6) is -1.04. The third-order valence-corrected chi connectivity index (χ3v) is 11.6. The average Bonchev–Trinajstić information content (AvgIpc) is 2.85. The third-order valence-electron chi connectivity index (χ3n) is 7.19. The van der Waals surface area contributed by atoms with Gasteiger partial charge in [0, 0.05) is 5.92 Å². The van der Waals surface area contributed by atoms with E-state index in [9.17, 15) is 9.59 Å². The Morgan fingerprint density at radius 1 is 1.17 bits per heavy atom. The maximum Gasteiger partial charge on any atom is 0.325 e. The van der Waals surface area contributed by atoms with Crippen molar-refractivity contribution in [3.8, 4) is 0 Å². The molecule has 0 aromatic rings. The zero-order chi connectivity index (χ0) is 22.7. The Bertz CT molecular complexity index is 685. The van der Waals surface area contributed by atoms with E-state index in [0.717, 1.165) is 25.7 Å². The highest BCUT2D eigenvalue weighted by Gasteiger charge is 2.62. The minimum absolute atomic E-state index is 0.0496. The van der Waals surface area contributed by atoms with Gasteiger partial charge in [-0.05, 0) is 49.7 Å². The quantitative estimate of drug-likeness (QED) is 0.303.